The van der Waals surface area contributed by atoms with Crippen molar-refractivity contribution in [2.24, 2.45) is 0 Å². The van der Waals surface area contributed by atoms with Crippen molar-refractivity contribution in [1.29, 1.82) is 0 Å². The SMILES string of the molecule is CCC1C=CCN1S(=O)(=O)c1cc(C)cs1. The van der Waals surface area contributed by atoms with E-state index in [0.717, 1.165) is 12.0 Å². The molecule has 0 N–H and O–H groups in total. The van der Waals surface area contributed by atoms with E-state index in [1.807, 2.05) is 31.4 Å². The normalized spacial score (nSPS) is 21.8. The molecule has 5 heteroatoms. The van der Waals surface area contributed by atoms with Crippen LogP contribution in [-0.4, -0.2) is 25.3 Å². The van der Waals surface area contributed by atoms with Gasteiger partial charge in [-0.3, -0.25) is 0 Å². The van der Waals surface area contributed by atoms with Crippen LogP contribution in [0.2, 0.25) is 0 Å². The van der Waals surface area contributed by atoms with Gasteiger partial charge in [-0.1, -0.05) is 19.1 Å². The van der Waals surface area contributed by atoms with Gasteiger partial charge in [-0.15, -0.1) is 11.3 Å². The van der Waals surface area contributed by atoms with Gasteiger partial charge in [0.05, 0.1) is 0 Å². The Morgan fingerprint density at radius 1 is 1.56 bits per heavy atom. The summed E-state index contributed by atoms with van der Waals surface area (Å²) in [5, 5.41) is 1.87. The van der Waals surface area contributed by atoms with E-state index < -0.39 is 10.0 Å². The second-order valence-corrected chi connectivity index (χ2v) is 6.95. The molecule has 0 aromatic carbocycles. The molecule has 16 heavy (non-hydrogen) atoms. The highest BCUT2D eigenvalue weighted by atomic mass is 32.2. The molecule has 0 radical (unpaired) electrons. The molecule has 88 valence electrons. The van der Waals surface area contributed by atoms with Crippen LogP contribution in [0.15, 0.2) is 27.8 Å². The molecule has 0 saturated carbocycles. The molecule has 1 aliphatic heterocycles. The summed E-state index contributed by atoms with van der Waals surface area (Å²) in [5.74, 6) is 0. The third-order valence-electron chi connectivity index (χ3n) is 2.70. The van der Waals surface area contributed by atoms with Gasteiger partial charge in [-0.25, -0.2) is 8.42 Å². The van der Waals surface area contributed by atoms with Crippen LogP contribution in [0.5, 0.6) is 0 Å². The minimum Gasteiger partial charge on any atom is -0.206 e. The van der Waals surface area contributed by atoms with E-state index >= 15 is 0 Å². The van der Waals surface area contributed by atoms with Crippen molar-refractivity contribution < 1.29 is 8.42 Å². The van der Waals surface area contributed by atoms with E-state index in [9.17, 15) is 8.42 Å². The zero-order valence-corrected chi connectivity index (χ0v) is 11.0. The fraction of sp³-hybridized carbons (Fsp3) is 0.455. The van der Waals surface area contributed by atoms with Crippen LogP contribution in [0.4, 0.5) is 0 Å². The second kappa shape index (κ2) is 4.31. The van der Waals surface area contributed by atoms with E-state index in [1.165, 1.54) is 11.3 Å². The Bertz CT molecular complexity index is 502. The maximum Gasteiger partial charge on any atom is 0.253 e. The van der Waals surface area contributed by atoms with Crippen molar-refractivity contribution >= 4 is 21.4 Å². The molecule has 2 heterocycles. The largest absolute Gasteiger partial charge is 0.253 e. The van der Waals surface area contributed by atoms with Gasteiger partial charge in [-0.2, -0.15) is 4.31 Å². The Balaban J connectivity index is 2.33. The summed E-state index contributed by atoms with van der Waals surface area (Å²) < 4.78 is 26.6. The Kier molecular flexibility index (Phi) is 3.19. The predicted molar refractivity (Wildman–Crippen MR) is 66.2 cm³/mol. The quantitative estimate of drug-likeness (QED) is 0.780. The van der Waals surface area contributed by atoms with Crippen LogP contribution in [0, 0.1) is 6.92 Å². The summed E-state index contributed by atoms with van der Waals surface area (Å²) in [5.41, 5.74) is 1.00. The molecule has 0 fully saturated rings. The molecule has 2 rings (SSSR count). The average Bonchev–Trinajstić information content (AvgIpc) is 2.85. The third kappa shape index (κ3) is 1.95. The predicted octanol–water partition coefficient (Wildman–Crippen LogP) is 2.40. The number of nitrogens with zero attached hydrogens (tertiary/aromatic N) is 1. The van der Waals surface area contributed by atoms with E-state index in [1.54, 1.807) is 10.4 Å². The molecular formula is C11H15NO2S2. The zero-order valence-electron chi connectivity index (χ0n) is 9.38. The Hall–Kier alpha value is -0.650. The minimum atomic E-state index is -3.29. The van der Waals surface area contributed by atoms with Gasteiger partial charge in [0.25, 0.3) is 10.0 Å². The standard InChI is InChI=1S/C11H15NO2S2/c1-3-10-5-4-6-12(10)16(13,14)11-7-9(2)8-15-11/h4-5,7-8,10H,3,6H2,1-2H3. The molecule has 0 aliphatic carbocycles. The molecule has 1 unspecified atom stereocenters. The minimum absolute atomic E-state index is 0.0207. The summed E-state index contributed by atoms with van der Waals surface area (Å²) in [6.07, 6.45) is 4.71. The van der Waals surface area contributed by atoms with Crippen LogP contribution in [0.3, 0.4) is 0 Å². The number of rotatable bonds is 3. The third-order valence-corrected chi connectivity index (χ3v) is 6.13. The van der Waals surface area contributed by atoms with Crippen LogP contribution in [0.1, 0.15) is 18.9 Å². The van der Waals surface area contributed by atoms with E-state index in [2.05, 4.69) is 0 Å². The summed E-state index contributed by atoms with van der Waals surface area (Å²) in [4.78, 5) is 0. The lowest BCUT2D eigenvalue weighted by Gasteiger charge is -2.21. The second-order valence-electron chi connectivity index (χ2n) is 3.92. The first-order valence-corrected chi connectivity index (χ1v) is 7.61. The van der Waals surface area contributed by atoms with Gasteiger partial charge in [-0.05, 0) is 30.4 Å². The molecule has 0 amide bonds. The maximum absolute atomic E-state index is 12.3. The fourth-order valence-corrected chi connectivity index (χ4v) is 4.79. The van der Waals surface area contributed by atoms with Crippen LogP contribution in [-0.2, 0) is 10.0 Å². The first-order chi connectivity index (χ1) is 7.55. The van der Waals surface area contributed by atoms with Crippen molar-refractivity contribution in [2.75, 3.05) is 6.54 Å². The lowest BCUT2D eigenvalue weighted by molar-refractivity contribution is 0.404. The van der Waals surface area contributed by atoms with Gasteiger partial charge in [0.2, 0.25) is 0 Å². The van der Waals surface area contributed by atoms with Crippen LogP contribution < -0.4 is 0 Å². The number of sulfonamides is 1. The van der Waals surface area contributed by atoms with Crippen molar-refractivity contribution in [3.8, 4) is 0 Å². The number of aryl methyl sites for hydroxylation is 1. The molecular weight excluding hydrogens is 242 g/mol. The molecule has 1 aromatic rings. The highest BCUT2D eigenvalue weighted by molar-refractivity contribution is 7.91. The Labute approximate surface area is 100 Å². The van der Waals surface area contributed by atoms with E-state index in [-0.39, 0.29) is 6.04 Å². The molecule has 1 aromatic heterocycles. The molecule has 0 spiro atoms. The molecule has 1 atom stereocenters. The first-order valence-electron chi connectivity index (χ1n) is 5.29. The van der Waals surface area contributed by atoms with Crippen molar-refractivity contribution in [3.05, 3.63) is 29.2 Å². The molecule has 0 saturated heterocycles. The summed E-state index contributed by atoms with van der Waals surface area (Å²) in [6, 6.07) is 1.76. The van der Waals surface area contributed by atoms with Crippen molar-refractivity contribution in [1.82, 2.24) is 4.31 Å². The molecule has 1 aliphatic rings. The highest BCUT2D eigenvalue weighted by Crippen LogP contribution is 2.27. The summed E-state index contributed by atoms with van der Waals surface area (Å²) >= 11 is 1.30. The topological polar surface area (TPSA) is 37.4 Å². The maximum atomic E-state index is 12.3. The van der Waals surface area contributed by atoms with Gasteiger partial charge < -0.3 is 0 Å². The van der Waals surface area contributed by atoms with E-state index in [4.69, 9.17) is 0 Å². The monoisotopic (exact) mass is 257 g/mol. The summed E-state index contributed by atoms with van der Waals surface area (Å²) in [6.45, 7) is 4.41. The van der Waals surface area contributed by atoms with E-state index in [0.29, 0.717) is 10.8 Å². The lowest BCUT2D eigenvalue weighted by Crippen LogP contribution is -2.35. The lowest BCUT2D eigenvalue weighted by atomic mass is 10.2. The Morgan fingerprint density at radius 2 is 2.31 bits per heavy atom. The van der Waals surface area contributed by atoms with Crippen LogP contribution >= 0.6 is 11.3 Å². The molecule has 3 nitrogen and oxygen atoms in total. The molecule has 0 bridgehead atoms. The number of thiophene rings is 1. The number of hydrogen-bond acceptors (Lipinski definition) is 3. The summed E-state index contributed by atoms with van der Waals surface area (Å²) in [7, 11) is -3.29. The smallest absolute Gasteiger partial charge is 0.206 e. The van der Waals surface area contributed by atoms with Gasteiger partial charge in [0.15, 0.2) is 0 Å². The van der Waals surface area contributed by atoms with Crippen LogP contribution in [0.25, 0.3) is 0 Å². The first kappa shape index (κ1) is 11.8. The van der Waals surface area contributed by atoms with Crippen molar-refractivity contribution in [2.45, 2.75) is 30.5 Å². The van der Waals surface area contributed by atoms with Gasteiger partial charge in [0, 0.05) is 12.6 Å². The average molecular weight is 257 g/mol. The van der Waals surface area contributed by atoms with Crippen molar-refractivity contribution in [3.63, 3.8) is 0 Å². The number of hydrogen-bond donors (Lipinski definition) is 0. The highest BCUT2D eigenvalue weighted by Gasteiger charge is 2.32. The zero-order chi connectivity index (χ0) is 11.8. The fourth-order valence-electron chi connectivity index (χ4n) is 1.83. The van der Waals surface area contributed by atoms with Gasteiger partial charge in [0.1, 0.15) is 4.21 Å². The van der Waals surface area contributed by atoms with Gasteiger partial charge >= 0.3 is 0 Å². The Morgan fingerprint density at radius 3 is 2.88 bits per heavy atom.